The van der Waals surface area contributed by atoms with E-state index in [-0.39, 0.29) is 11.9 Å². The van der Waals surface area contributed by atoms with Crippen molar-refractivity contribution in [3.63, 3.8) is 0 Å². The number of esters is 1. The number of halogens is 1. The Morgan fingerprint density at radius 3 is 2.43 bits per heavy atom. The number of carbonyl (C=O) groups excluding carboxylic acids is 2. The Kier molecular flexibility index (Phi) is 5.81. The fourth-order valence-corrected chi connectivity index (χ4v) is 6.79. The number of rotatable bonds is 5. The summed E-state index contributed by atoms with van der Waals surface area (Å²) >= 11 is -2.43. The summed E-state index contributed by atoms with van der Waals surface area (Å²) in [6.45, 7) is 5.44. The van der Waals surface area contributed by atoms with Crippen molar-refractivity contribution in [2.24, 2.45) is 7.05 Å². The van der Waals surface area contributed by atoms with Crippen LogP contribution in [0.15, 0.2) is 36.4 Å². The summed E-state index contributed by atoms with van der Waals surface area (Å²) in [7, 11) is 1.81. The molecular formula is C17H20INO4. The minimum atomic E-state index is -2.43. The van der Waals surface area contributed by atoms with Gasteiger partial charge in [-0.25, -0.2) is 0 Å². The van der Waals surface area contributed by atoms with Crippen LogP contribution >= 0.6 is 20.2 Å². The molecule has 1 heterocycles. The molecule has 124 valence electrons. The molecule has 0 amide bonds. The molecule has 23 heavy (non-hydrogen) atoms. The number of ether oxygens (including phenoxy) is 1. The van der Waals surface area contributed by atoms with Crippen LogP contribution in [-0.2, 0) is 19.6 Å². The van der Waals surface area contributed by atoms with Gasteiger partial charge in [0, 0.05) is 0 Å². The number of aromatic nitrogens is 1. The molecule has 0 unspecified atom stereocenters. The molecule has 0 saturated carbocycles. The molecule has 0 saturated heterocycles. The Morgan fingerprint density at radius 1 is 1.22 bits per heavy atom. The van der Waals surface area contributed by atoms with Crippen molar-refractivity contribution in [1.29, 1.82) is 0 Å². The van der Waals surface area contributed by atoms with Crippen LogP contribution in [0.25, 0.3) is 0 Å². The monoisotopic (exact) mass is 429 g/mol. The first kappa shape index (κ1) is 17.5. The molecule has 0 aliphatic carbocycles. The number of benzene rings is 1. The normalized spacial score (nSPS) is 11.0. The first-order valence-corrected chi connectivity index (χ1v) is 10.3. The number of hydrogen-bond donors (Lipinski definition) is 0. The van der Waals surface area contributed by atoms with Gasteiger partial charge in [-0.3, -0.25) is 0 Å². The second-order valence-electron chi connectivity index (χ2n) is 4.90. The predicted octanol–water partition coefficient (Wildman–Crippen LogP) is 3.53. The van der Waals surface area contributed by atoms with Crippen molar-refractivity contribution in [3.05, 3.63) is 54.9 Å². The van der Waals surface area contributed by atoms with E-state index in [2.05, 4.69) is 0 Å². The third-order valence-corrected chi connectivity index (χ3v) is 8.51. The van der Waals surface area contributed by atoms with Gasteiger partial charge in [0.1, 0.15) is 0 Å². The molecule has 0 bridgehead atoms. The summed E-state index contributed by atoms with van der Waals surface area (Å²) in [5.41, 5.74) is 1.41. The first-order valence-electron chi connectivity index (χ1n) is 7.23. The van der Waals surface area contributed by atoms with Gasteiger partial charge in [-0.15, -0.1) is 0 Å². The van der Waals surface area contributed by atoms with Crippen LogP contribution in [0.2, 0.25) is 0 Å². The molecule has 1 aromatic heterocycles. The van der Waals surface area contributed by atoms with E-state index in [9.17, 15) is 9.59 Å². The van der Waals surface area contributed by atoms with Crippen LogP contribution < -0.4 is 0 Å². The van der Waals surface area contributed by atoms with Crippen LogP contribution in [0, 0.1) is 14.2 Å². The van der Waals surface area contributed by atoms with Gasteiger partial charge >= 0.3 is 143 Å². The first-order chi connectivity index (χ1) is 11.0. The Morgan fingerprint density at radius 2 is 1.87 bits per heavy atom. The van der Waals surface area contributed by atoms with Crippen molar-refractivity contribution in [3.8, 4) is 0 Å². The van der Waals surface area contributed by atoms with Gasteiger partial charge in [-0.05, 0) is 0 Å². The molecular weight excluding hydrogens is 409 g/mol. The summed E-state index contributed by atoms with van der Waals surface area (Å²) in [5, 5.41) is 0. The molecule has 0 fully saturated rings. The Balaban J connectivity index is 2.51. The van der Waals surface area contributed by atoms with Gasteiger partial charge in [0.15, 0.2) is 0 Å². The molecule has 2 rings (SSSR count). The molecule has 0 spiro atoms. The summed E-state index contributed by atoms with van der Waals surface area (Å²) in [6.07, 6.45) is 0. The third-order valence-electron chi connectivity index (χ3n) is 3.10. The van der Waals surface area contributed by atoms with Crippen molar-refractivity contribution in [2.75, 3.05) is 6.61 Å². The topological polar surface area (TPSA) is 57.5 Å². The fraction of sp³-hybridized carbons (Fsp3) is 0.294. The molecule has 0 radical (unpaired) electrons. The van der Waals surface area contributed by atoms with E-state index in [4.69, 9.17) is 7.80 Å². The summed E-state index contributed by atoms with van der Waals surface area (Å²) < 4.78 is 14.5. The van der Waals surface area contributed by atoms with Crippen LogP contribution in [0.5, 0.6) is 0 Å². The molecule has 0 atom stereocenters. The van der Waals surface area contributed by atoms with Gasteiger partial charge in [-0.1, -0.05) is 0 Å². The molecule has 2 aromatic rings. The second-order valence-corrected chi connectivity index (χ2v) is 9.02. The zero-order valence-electron chi connectivity index (χ0n) is 13.6. The summed E-state index contributed by atoms with van der Waals surface area (Å²) in [4.78, 5) is 23.7. The second kappa shape index (κ2) is 7.63. The Hall–Kier alpha value is -1.83. The third kappa shape index (κ3) is 3.93. The van der Waals surface area contributed by atoms with E-state index in [1.807, 2.05) is 44.3 Å². The standard InChI is InChI=1S/C17H20INO4/c1-5-22-17(21)15-11-12(2)16(19(15)4)18(23-13(3)20)14-9-7-6-8-10-14/h6-11H,5H2,1-4H3. The number of aryl methyl sites for hydroxylation is 1. The fourth-order valence-electron chi connectivity index (χ4n) is 2.21. The zero-order chi connectivity index (χ0) is 17.0. The van der Waals surface area contributed by atoms with E-state index in [1.54, 1.807) is 17.6 Å². The summed E-state index contributed by atoms with van der Waals surface area (Å²) in [5.74, 6) is -0.673. The van der Waals surface area contributed by atoms with E-state index in [1.165, 1.54) is 6.92 Å². The summed E-state index contributed by atoms with van der Waals surface area (Å²) in [6, 6.07) is 11.5. The van der Waals surface area contributed by atoms with E-state index in [0.29, 0.717) is 12.3 Å². The minimum absolute atomic E-state index is 0.308. The van der Waals surface area contributed by atoms with Gasteiger partial charge in [-0.2, -0.15) is 0 Å². The van der Waals surface area contributed by atoms with Crippen LogP contribution in [-0.4, -0.2) is 23.1 Å². The van der Waals surface area contributed by atoms with Crippen molar-refractivity contribution < 1.29 is 17.4 Å². The van der Waals surface area contributed by atoms with Crippen LogP contribution in [0.4, 0.5) is 0 Å². The molecule has 6 heteroatoms. The predicted molar refractivity (Wildman–Crippen MR) is 95.7 cm³/mol. The maximum atomic E-state index is 12.1. The van der Waals surface area contributed by atoms with Crippen molar-refractivity contribution >= 4 is 32.2 Å². The Bertz CT molecular complexity index is 709. The van der Waals surface area contributed by atoms with Crippen LogP contribution in [0.1, 0.15) is 29.9 Å². The number of hydrogen-bond acceptors (Lipinski definition) is 4. The van der Waals surface area contributed by atoms with E-state index < -0.39 is 20.2 Å². The van der Waals surface area contributed by atoms with Gasteiger partial charge in [0.2, 0.25) is 0 Å². The molecule has 5 nitrogen and oxygen atoms in total. The number of nitrogens with zero attached hydrogens (tertiary/aromatic N) is 1. The maximum absolute atomic E-state index is 12.1. The average Bonchev–Trinajstić information content (AvgIpc) is 2.81. The quantitative estimate of drug-likeness (QED) is 0.539. The molecule has 0 aliphatic heterocycles. The van der Waals surface area contributed by atoms with Gasteiger partial charge in [0.05, 0.1) is 0 Å². The van der Waals surface area contributed by atoms with Crippen molar-refractivity contribution in [2.45, 2.75) is 20.8 Å². The van der Waals surface area contributed by atoms with E-state index >= 15 is 0 Å². The molecule has 0 aliphatic rings. The Labute approximate surface area is 143 Å². The number of carbonyl (C=O) groups is 2. The van der Waals surface area contributed by atoms with Crippen LogP contribution in [0.3, 0.4) is 0 Å². The molecule has 0 N–H and O–H groups in total. The molecule has 1 aromatic carbocycles. The zero-order valence-corrected chi connectivity index (χ0v) is 15.8. The van der Waals surface area contributed by atoms with E-state index in [0.717, 1.165) is 12.8 Å². The van der Waals surface area contributed by atoms with Gasteiger partial charge in [0.25, 0.3) is 0 Å². The average molecular weight is 429 g/mol. The van der Waals surface area contributed by atoms with Crippen molar-refractivity contribution in [1.82, 2.24) is 4.57 Å². The van der Waals surface area contributed by atoms with Gasteiger partial charge < -0.3 is 0 Å². The SMILES string of the molecule is CCOC(=O)c1cc(C)c(I(OC(C)=O)c2ccccc2)n1C.